The highest BCUT2D eigenvalue weighted by Gasteiger charge is 2.27. The second-order valence-electron chi connectivity index (χ2n) is 20.4. The molecular formula is C56H86N2S2. The summed E-state index contributed by atoms with van der Waals surface area (Å²) in [5.74, 6) is 7.65. The predicted molar refractivity (Wildman–Crippen MR) is 268 cm³/mol. The Bertz CT molecular complexity index is 1490. The molecule has 2 aromatic carbocycles. The van der Waals surface area contributed by atoms with Crippen LogP contribution in [-0.4, -0.2) is 10.3 Å². The molecule has 0 atom stereocenters. The topological polar surface area (TPSA) is 24.7 Å². The minimum Gasteiger partial charge on any atom is -0.195 e. The quantitative estimate of drug-likeness (QED) is 0.0670. The zero-order valence-corrected chi connectivity index (χ0v) is 40.2. The van der Waals surface area contributed by atoms with Crippen LogP contribution in [0.1, 0.15) is 242 Å². The molecule has 4 saturated carbocycles. The van der Waals surface area contributed by atoms with Gasteiger partial charge in [0.1, 0.15) is 0 Å². The first kappa shape index (κ1) is 49.1. The van der Waals surface area contributed by atoms with Crippen molar-refractivity contribution in [3.63, 3.8) is 0 Å². The molecule has 0 amide bonds. The minimum absolute atomic E-state index is 0.749. The molecule has 60 heavy (non-hydrogen) atoms. The average Bonchev–Trinajstić information content (AvgIpc) is 3.30. The SMILES string of the molecule is CCCCCCC1CCC(CCC2CCC(c3ccc(N=C=S)cc3)CC2)CC1.CCCCCCCCC1CCC(CCC2CCC(c3ccc(N=C=S)cc3)CC2)CC1. The molecule has 0 N–H and O–H groups in total. The largest absolute Gasteiger partial charge is 0.195 e. The zero-order chi connectivity index (χ0) is 42.0. The molecule has 0 aliphatic heterocycles. The van der Waals surface area contributed by atoms with Crippen LogP contribution < -0.4 is 0 Å². The molecule has 0 unspecified atom stereocenters. The van der Waals surface area contributed by atoms with Crippen LogP contribution in [0.3, 0.4) is 0 Å². The lowest BCUT2D eigenvalue weighted by molar-refractivity contribution is 0.222. The molecule has 4 aliphatic carbocycles. The summed E-state index contributed by atoms with van der Waals surface area (Å²) in [6.45, 7) is 4.62. The van der Waals surface area contributed by atoms with Crippen LogP contribution in [0.4, 0.5) is 11.4 Å². The van der Waals surface area contributed by atoms with Crippen molar-refractivity contribution in [2.24, 2.45) is 45.5 Å². The van der Waals surface area contributed by atoms with Crippen LogP contribution in [0.15, 0.2) is 58.5 Å². The number of aliphatic imine (C=N–C) groups is 2. The monoisotopic (exact) mass is 851 g/mol. The predicted octanol–water partition coefficient (Wildman–Crippen LogP) is 19.3. The number of nitrogens with zero attached hydrogens (tertiary/aromatic N) is 2. The molecule has 332 valence electrons. The molecule has 4 aliphatic rings. The smallest absolute Gasteiger partial charge is 0.0739 e. The van der Waals surface area contributed by atoms with Crippen molar-refractivity contribution in [3.05, 3.63) is 59.7 Å². The van der Waals surface area contributed by atoms with Gasteiger partial charge in [0.15, 0.2) is 0 Å². The lowest BCUT2D eigenvalue weighted by Crippen LogP contribution is -2.17. The highest BCUT2D eigenvalue weighted by atomic mass is 32.1. The Kier molecular flexibility index (Phi) is 24.1. The first-order chi connectivity index (χ1) is 29.6. The molecule has 0 spiro atoms. The molecule has 0 saturated heterocycles. The highest BCUT2D eigenvalue weighted by Crippen LogP contribution is 2.42. The van der Waals surface area contributed by atoms with Gasteiger partial charge >= 0.3 is 0 Å². The summed E-state index contributed by atoms with van der Waals surface area (Å²) in [5.41, 5.74) is 4.83. The molecule has 0 aromatic heterocycles. The van der Waals surface area contributed by atoms with Gasteiger partial charge in [0.25, 0.3) is 0 Å². The summed E-state index contributed by atoms with van der Waals surface area (Å²) in [4.78, 5) is 8.14. The van der Waals surface area contributed by atoms with Crippen LogP contribution in [0, 0.1) is 35.5 Å². The van der Waals surface area contributed by atoms with Gasteiger partial charge in [-0.15, -0.1) is 0 Å². The lowest BCUT2D eigenvalue weighted by atomic mass is 9.74. The molecule has 0 radical (unpaired) electrons. The van der Waals surface area contributed by atoms with Crippen molar-refractivity contribution in [2.45, 2.75) is 231 Å². The highest BCUT2D eigenvalue weighted by molar-refractivity contribution is 7.78. The van der Waals surface area contributed by atoms with E-state index in [-0.39, 0.29) is 0 Å². The van der Waals surface area contributed by atoms with Crippen molar-refractivity contribution in [2.75, 3.05) is 0 Å². The first-order valence-electron chi connectivity index (χ1n) is 25.9. The zero-order valence-electron chi connectivity index (χ0n) is 38.6. The van der Waals surface area contributed by atoms with Crippen LogP contribution in [-0.2, 0) is 0 Å². The number of thiocarbonyl (C=S) groups is 2. The number of unbranched alkanes of at least 4 members (excludes halogenated alkanes) is 8. The standard InChI is InChI=1S/C29H45NS.C27H41NS/c1-2-3-4-5-6-7-8-24-9-11-25(12-10-24)13-14-26-15-17-27(18-16-26)28-19-21-29(22-20-28)30-23-31;1-2-3-4-5-6-22-7-9-23(10-8-22)11-12-24-13-15-25(16-14-24)26-17-19-27(20-18-26)28-21-29/h19-22,24-27H,2-18H2,1H3;17-20,22-25H,2-16H2,1H3. The number of hydrogen-bond acceptors (Lipinski definition) is 4. The van der Waals surface area contributed by atoms with E-state index in [4.69, 9.17) is 24.4 Å². The molecule has 4 fully saturated rings. The van der Waals surface area contributed by atoms with Gasteiger partial charge < -0.3 is 0 Å². The fraction of sp³-hybridized carbons (Fsp3) is 0.750. The van der Waals surface area contributed by atoms with Gasteiger partial charge in [-0.05, 0) is 159 Å². The molecule has 4 heteroatoms. The molecular weight excluding hydrogens is 765 g/mol. The van der Waals surface area contributed by atoms with Gasteiger partial charge in [-0.25, -0.2) is 0 Å². The van der Waals surface area contributed by atoms with E-state index in [1.54, 1.807) is 0 Å². The van der Waals surface area contributed by atoms with E-state index in [9.17, 15) is 0 Å². The number of rotatable bonds is 22. The van der Waals surface area contributed by atoms with Crippen LogP contribution in [0.25, 0.3) is 0 Å². The summed E-state index contributed by atoms with van der Waals surface area (Å²) in [6.07, 6.45) is 46.8. The molecule has 6 rings (SSSR count). The van der Waals surface area contributed by atoms with Gasteiger partial charge in [-0.1, -0.05) is 192 Å². The number of isothiocyanates is 2. The van der Waals surface area contributed by atoms with Gasteiger partial charge in [-0.2, -0.15) is 9.98 Å². The second kappa shape index (κ2) is 29.4. The van der Waals surface area contributed by atoms with Crippen molar-refractivity contribution >= 4 is 46.1 Å². The third-order valence-electron chi connectivity index (χ3n) is 16.1. The third-order valence-corrected chi connectivity index (χ3v) is 16.3. The van der Waals surface area contributed by atoms with Gasteiger partial charge in [0, 0.05) is 0 Å². The number of benzene rings is 2. The molecule has 0 bridgehead atoms. The Morgan fingerprint density at radius 1 is 0.367 bits per heavy atom. The fourth-order valence-corrected chi connectivity index (χ4v) is 12.2. The summed E-state index contributed by atoms with van der Waals surface area (Å²) in [5, 5.41) is 4.91. The van der Waals surface area contributed by atoms with Crippen molar-refractivity contribution in [1.29, 1.82) is 0 Å². The van der Waals surface area contributed by atoms with Gasteiger partial charge in [0.05, 0.1) is 21.7 Å². The summed E-state index contributed by atoms with van der Waals surface area (Å²) >= 11 is 9.39. The maximum atomic E-state index is 4.70. The maximum Gasteiger partial charge on any atom is 0.0739 e. The van der Waals surface area contributed by atoms with E-state index < -0.39 is 0 Å². The van der Waals surface area contributed by atoms with E-state index in [0.717, 1.165) is 58.7 Å². The summed E-state index contributed by atoms with van der Waals surface area (Å²) in [7, 11) is 0. The van der Waals surface area contributed by atoms with Crippen LogP contribution >= 0.6 is 24.4 Å². The fourth-order valence-electron chi connectivity index (χ4n) is 11.9. The van der Waals surface area contributed by atoms with E-state index in [0.29, 0.717) is 0 Å². The Labute approximate surface area is 380 Å². The Balaban J connectivity index is 0.000000228. The van der Waals surface area contributed by atoms with Crippen LogP contribution in [0.2, 0.25) is 0 Å². The Hall–Kier alpha value is -1.96. The minimum atomic E-state index is 0.749. The third kappa shape index (κ3) is 18.4. The van der Waals surface area contributed by atoms with Crippen molar-refractivity contribution < 1.29 is 0 Å². The van der Waals surface area contributed by atoms with E-state index >= 15 is 0 Å². The van der Waals surface area contributed by atoms with E-state index in [1.807, 2.05) is 0 Å². The van der Waals surface area contributed by atoms with Crippen LogP contribution in [0.5, 0.6) is 0 Å². The number of hydrogen-bond donors (Lipinski definition) is 0. The molecule has 2 nitrogen and oxygen atoms in total. The van der Waals surface area contributed by atoms with E-state index in [2.05, 4.69) is 82.7 Å². The van der Waals surface area contributed by atoms with E-state index in [1.165, 1.54) is 217 Å². The molecule has 2 aromatic rings. The van der Waals surface area contributed by atoms with Crippen molar-refractivity contribution in [1.82, 2.24) is 0 Å². The lowest BCUT2D eigenvalue weighted by Gasteiger charge is -2.32. The Morgan fingerprint density at radius 2 is 0.633 bits per heavy atom. The maximum absolute atomic E-state index is 4.70. The molecule has 0 heterocycles. The van der Waals surface area contributed by atoms with Gasteiger partial charge in [-0.3, -0.25) is 0 Å². The van der Waals surface area contributed by atoms with Gasteiger partial charge in [0.2, 0.25) is 0 Å². The first-order valence-corrected chi connectivity index (χ1v) is 26.7. The van der Waals surface area contributed by atoms with Crippen molar-refractivity contribution in [3.8, 4) is 0 Å². The Morgan fingerprint density at radius 3 is 0.950 bits per heavy atom. The second-order valence-corrected chi connectivity index (χ2v) is 20.7. The summed E-state index contributed by atoms with van der Waals surface area (Å²) < 4.78 is 0. The average molecular weight is 851 g/mol. The normalized spacial score (nSPS) is 26.8. The summed E-state index contributed by atoms with van der Waals surface area (Å²) in [6, 6.07) is 17.3.